The molecule has 1 atom stereocenters. The second-order valence-electron chi connectivity index (χ2n) is 6.37. The van der Waals surface area contributed by atoms with E-state index in [4.69, 9.17) is 4.74 Å². The summed E-state index contributed by atoms with van der Waals surface area (Å²) in [6, 6.07) is 11.9. The van der Waals surface area contributed by atoms with Crippen molar-refractivity contribution in [3.8, 4) is 5.75 Å². The number of anilines is 1. The second-order valence-corrected chi connectivity index (χ2v) is 6.37. The number of hydrogen-bond donors (Lipinski definition) is 0. The summed E-state index contributed by atoms with van der Waals surface area (Å²) in [5.74, 6) is 1.97. The first kappa shape index (κ1) is 15.0. The van der Waals surface area contributed by atoms with E-state index >= 15 is 0 Å². The number of amides is 1. The lowest BCUT2D eigenvalue weighted by atomic mass is 10.1. The SMILES string of the molecule is Cc1cccnc1N1CCN(C(=O)[C@@H]2Cc3ccccc3O2)CC1. The highest BCUT2D eigenvalue weighted by Crippen LogP contribution is 2.29. The summed E-state index contributed by atoms with van der Waals surface area (Å²) in [6.45, 7) is 5.12. The predicted molar refractivity (Wildman–Crippen MR) is 92.3 cm³/mol. The lowest BCUT2D eigenvalue weighted by Gasteiger charge is -2.36. The number of carbonyl (C=O) groups is 1. The van der Waals surface area contributed by atoms with Crippen LogP contribution in [0.3, 0.4) is 0 Å². The van der Waals surface area contributed by atoms with Crippen LogP contribution >= 0.6 is 0 Å². The zero-order valence-corrected chi connectivity index (χ0v) is 13.8. The number of pyridine rings is 1. The average molecular weight is 323 g/mol. The van der Waals surface area contributed by atoms with Crippen molar-refractivity contribution in [3.63, 3.8) is 0 Å². The molecule has 2 aliphatic heterocycles. The number of aryl methyl sites for hydroxylation is 1. The third kappa shape index (κ3) is 2.70. The summed E-state index contributed by atoms with van der Waals surface area (Å²) in [7, 11) is 0. The topological polar surface area (TPSA) is 45.7 Å². The zero-order valence-electron chi connectivity index (χ0n) is 13.8. The van der Waals surface area contributed by atoms with Gasteiger partial charge >= 0.3 is 0 Å². The Morgan fingerprint density at radius 3 is 2.67 bits per heavy atom. The quantitative estimate of drug-likeness (QED) is 0.848. The molecule has 1 aromatic heterocycles. The first-order valence-corrected chi connectivity index (χ1v) is 8.42. The van der Waals surface area contributed by atoms with E-state index in [1.54, 1.807) is 0 Å². The van der Waals surface area contributed by atoms with E-state index in [0.29, 0.717) is 19.5 Å². The van der Waals surface area contributed by atoms with E-state index in [2.05, 4.69) is 22.9 Å². The van der Waals surface area contributed by atoms with E-state index in [-0.39, 0.29) is 12.0 Å². The molecule has 2 aromatic rings. The molecule has 24 heavy (non-hydrogen) atoms. The van der Waals surface area contributed by atoms with Gasteiger partial charge in [-0.05, 0) is 30.2 Å². The van der Waals surface area contributed by atoms with Crippen molar-refractivity contribution >= 4 is 11.7 Å². The molecule has 5 nitrogen and oxygen atoms in total. The number of hydrogen-bond acceptors (Lipinski definition) is 4. The van der Waals surface area contributed by atoms with Gasteiger partial charge in [0.2, 0.25) is 0 Å². The van der Waals surface area contributed by atoms with Crippen molar-refractivity contribution < 1.29 is 9.53 Å². The molecule has 1 aromatic carbocycles. The number of para-hydroxylation sites is 1. The third-order valence-corrected chi connectivity index (χ3v) is 4.80. The van der Waals surface area contributed by atoms with Crippen LogP contribution in [-0.2, 0) is 11.2 Å². The van der Waals surface area contributed by atoms with Crippen LogP contribution in [0.4, 0.5) is 5.82 Å². The van der Waals surface area contributed by atoms with Gasteiger partial charge in [0.25, 0.3) is 5.91 Å². The Balaban J connectivity index is 1.38. The molecule has 2 aliphatic rings. The van der Waals surface area contributed by atoms with Crippen LogP contribution in [0.2, 0.25) is 0 Å². The third-order valence-electron chi connectivity index (χ3n) is 4.80. The number of nitrogens with zero attached hydrogens (tertiary/aromatic N) is 3. The van der Waals surface area contributed by atoms with Gasteiger partial charge in [0.1, 0.15) is 11.6 Å². The van der Waals surface area contributed by atoms with Crippen molar-refractivity contribution in [2.24, 2.45) is 0 Å². The Morgan fingerprint density at radius 1 is 1.12 bits per heavy atom. The van der Waals surface area contributed by atoms with Crippen molar-refractivity contribution in [1.29, 1.82) is 0 Å². The van der Waals surface area contributed by atoms with Crippen LogP contribution in [0.25, 0.3) is 0 Å². The predicted octanol–water partition coefficient (Wildman–Crippen LogP) is 2.04. The van der Waals surface area contributed by atoms with Crippen molar-refractivity contribution in [1.82, 2.24) is 9.88 Å². The van der Waals surface area contributed by atoms with E-state index in [9.17, 15) is 4.79 Å². The lowest BCUT2D eigenvalue weighted by Crippen LogP contribution is -2.52. The fourth-order valence-corrected chi connectivity index (χ4v) is 3.47. The van der Waals surface area contributed by atoms with E-state index in [0.717, 1.165) is 30.2 Å². The Bertz CT molecular complexity index is 729. The van der Waals surface area contributed by atoms with Crippen LogP contribution in [0.15, 0.2) is 42.6 Å². The summed E-state index contributed by atoms with van der Waals surface area (Å²) in [5, 5.41) is 0. The van der Waals surface area contributed by atoms with E-state index in [1.165, 1.54) is 5.56 Å². The number of benzene rings is 1. The molecule has 0 spiro atoms. The smallest absolute Gasteiger partial charge is 0.264 e. The molecule has 5 heteroatoms. The first-order valence-electron chi connectivity index (χ1n) is 8.42. The van der Waals surface area contributed by atoms with Crippen LogP contribution in [0.5, 0.6) is 5.75 Å². The van der Waals surface area contributed by atoms with Gasteiger partial charge in [-0.15, -0.1) is 0 Å². The van der Waals surface area contributed by atoms with Gasteiger partial charge in [-0.1, -0.05) is 24.3 Å². The number of carbonyl (C=O) groups excluding carboxylic acids is 1. The fraction of sp³-hybridized carbons (Fsp3) is 0.368. The minimum absolute atomic E-state index is 0.101. The second kappa shape index (κ2) is 6.15. The first-order chi connectivity index (χ1) is 11.7. The molecule has 0 bridgehead atoms. The molecule has 3 heterocycles. The zero-order chi connectivity index (χ0) is 16.5. The van der Waals surface area contributed by atoms with Gasteiger partial charge in [-0.2, -0.15) is 0 Å². The number of fused-ring (bicyclic) bond motifs is 1. The van der Waals surface area contributed by atoms with Gasteiger partial charge < -0.3 is 14.5 Å². The summed E-state index contributed by atoms with van der Waals surface area (Å²) >= 11 is 0. The van der Waals surface area contributed by atoms with E-state index < -0.39 is 0 Å². The Kier molecular flexibility index (Phi) is 3.84. The summed E-state index contributed by atoms with van der Waals surface area (Å²) in [6.07, 6.45) is 2.13. The van der Waals surface area contributed by atoms with E-state index in [1.807, 2.05) is 41.4 Å². The number of aromatic nitrogens is 1. The minimum Gasteiger partial charge on any atom is -0.480 e. The largest absolute Gasteiger partial charge is 0.480 e. The molecule has 0 aliphatic carbocycles. The Labute approximate surface area is 141 Å². The highest BCUT2D eigenvalue weighted by molar-refractivity contribution is 5.83. The number of rotatable bonds is 2. The van der Waals surface area contributed by atoms with Crippen LogP contribution in [0, 0.1) is 6.92 Å². The van der Waals surface area contributed by atoms with Gasteiger partial charge in [0, 0.05) is 38.8 Å². The average Bonchev–Trinajstić information content (AvgIpc) is 3.06. The maximum absolute atomic E-state index is 12.7. The molecular weight excluding hydrogens is 302 g/mol. The van der Waals surface area contributed by atoms with Gasteiger partial charge in [0.15, 0.2) is 6.10 Å². The molecular formula is C19H21N3O2. The highest BCUT2D eigenvalue weighted by Gasteiger charge is 2.33. The number of piperazine rings is 1. The van der Waals surface area contributed by atoms with Gasteiger partial charge in [-0.25, -0.2) is 4.98 Å². The van der Waals surface area contributed by atoms with Crippen LogP contribution < -0.4 is 9.64 Å². The molecule has 0 radical (unpaired) electrons. The van der Waals surface area contributed by atoms with Crippen molar-refractivity contribution in [3.05, 3.63) is 53.7 Å². The van der Waals surface area contributed by atoms with Crippen molar-refractivity contribution in [2.45, 2.75) is 19.4 Å². The van der Waals surface area contributed by atoms with Crippen molar-refractivity contribution in [2.75, 3.05) is 31.1 Å². The van der Waals surface area contributed by atoms with Crippen LogP contribution in [0.1, 0.15) is 11.1 Å². The Morgan fingerprint density at radius 2 is 1.92 bits per heavy atom. The normalized spacial score (nSPS) is 19.8. The minimum atomic E-state index is -0.370. The monoisotopic (exact) mass is 323 g/mol. The molecule has 4 rings (SSSR count). The molecule has 124 valence electrons. The Hall–Kier alpha value is -2.56. The van der Waals surface area contributed by atoms with Crippen LogP contribution in [-0.4, -0.2) is 48.1 Å². The maximum atomic E-state index is 12.7. The molecule has 1 amide bonds. The van der Waals surface area contributed by atoms with Gasteiger partial charge in [0.05, 0.1) is 0 Å². The fourth-order valence-electron chi connectivity index (χ4n) is 3.47. The molecule has 1 saturated heterocycles. The lowest BCUT2D eigenvalue weighted by molar-refractivity contribution is -0.138. The number of ether oxygens (including phenoxy) is 1. The molecule has 0 N–H and O–H groups in total. The standard InChI is InChI=1S/C19H21N3O2/c1-14-5-4-8-20-18(14)21-9-11-22(12-10-21)19(23)17-13-15-6-2-3-7-16(15)24-17/h2-8,17H,9-13H2,1H3/t17-/m0/s1. The highest BCUT2D eigenvalue weighted by atomic mass is 16.5. The summed E-state index contributed by atoms with van der Waals surface area (Å²) in [4.78, 5) is 21.4. The maximum Gasteiger partial charge on any atom is 0.264 e. The summed E-state index contributed by atoms with van der Waals surface area (Å²) < 4.78 is 5.84. The van der Waals surface area contributed by atoms with Gasteiger partial charge in [-0.3, -0.25) is 4.79 Å². The molecule has 0 saturated carbocycles. The summed E-state index contributed by atoms with van der Waals surface area (Å²) in [5.41, 5.74) is 2.30. The molecule has 0 unspecified atom stereocenters. The molecule has 1 fully saturated rings.